The molecule has 0 bridgehead atoms. The molecule has 1 N–H and O–H groups in total. The minimum absolute atomic E-state index is 0.0669. The Labute approximate surface area is 237 Å². The second-order valence-corrected chi connectivity index (χ2v) is 13.4. The van der Waals surface area contributed by atoms with E-state index in [1.807, 2.05) is 53.7 Å². The van der Waals surface area contributed by atoms with Crippen LogP contribution in [0.1, 0.15) is 63.6 Å². The van der Waals surface area contributed by atoms with Gasteiger partial charge in [0.15, 0.2) is 0 Å². The van der Waals surface area contributed by atoms with Crippen LogP contribution in [-0.4, -0.2) is 49.5 Å². The van der Waals surface area contributed by atoms with Gasteiger partial charge in [0.1, 0.15) is 6.04 Å². The lowest BCUT2D eigenvalue weighted by molar-refractivity contribution is -0.142. The Morgan fingerprint density at radius 1 is 1.00 bits per heavy atom. The first kappa shape index (κ1) is 31.9. The quantitative estimate of drug-likeness (QED) is 0.358. The molecule has 10 heteroatoms. The molecular formula is C28H39Cl2N3O4S. The summed E-state index contributed by atoms with van der Waals surface area (Å²) in [7, 11) is -3.56. The van der Waals surface area contributed by atoms with Gasteiger partial charge < -0.3 is 10.2 Å². The van der Waals surface area contributed by atoms with E-state index in [4.69, 9.17) is 23.2 Å². The van der Waals surface area contributed by atoms with Crippen molar-refractivity contribution in [2.75, 3.05) is 17.1 Å². The van der Waals surface area contributed by atoms with Gasteiger partial charge in [-0.3, -0.25) is 13.9 Å². The van der Waals surface area contributed by atoms with Crippen LogP contribution in [0.4, 0.5) is 5.69 Å². The zero-order chi connectivity index (χ0) is 28.8. The van der Waals surface area contributed by atoms with Crippen molar-refractivity contribution in [2.45, 2.75) is 78.9 Å². The first-order valence-electron chi connectivity index (χ1n) is 12.6. The van der Waals surface area contributed by atoms with Crippen molar-refractivity contribution >= 4 is 50.7 Å². The molecule has 0 aromatic heterocycles. The predicted octanol–water partition coefficient (Wildman–Crippen LogP) is 5.88. The van der Waals surface area contributed by atoms with Gasteiger partial charge in [0.05, 0.1) is 22.0 Å². The number of carbonyl (C=O) groups excluding carboxylic acids is 2. The Balaban J connectivity index is 2.28. The number of carbonyl (C=O) groups is 2. The summed E-state index contributed by atoms with van der Waals surface area (Å²) in [6, 6.07) is 9.89. The standard InChI is InChI=1S/C28H39Cl2N3O4S/c1-8-25(27(35)31-28(4,5)6)32(18-21-12-14-23(29)24(30)17-21)26(34)10-9-15-33(38(7,36)37)22-13-11-19(2)20(3)16-22/h11-14,16-17,25H,8-10,15,18H2,1-7H3,(H,31,35). The van der Waals surface area contributed by atoms with Gasteiger partial charge in [0.2, 0.25) is 21.8 Å². The van der Waals surface area contributed by atoms with Gasteiger partial charge in [-0.05, 0) is 88.4 Å². The van der Waals surface area contributed by atoms with E-state index in [-0.39, 0.29) is 37.7 Å². The Bertz CT molecular complexity index is 1260. The fourth-order valence-corrected chi connectivity index (χ4v) is 5.37. The SMILES string of the molecule is CCC(C(=O)NC(C)(C)C)N(Cc1ccc(Cl)c(Cl)c1)C(=O)CCCN(c1ccc(C)c(C)c1)S(C)(=O)=O. The molecule has 0 radical (unpaired) electrons. The van der Waals surface area contributed by atoms with Crippen LogP contribution >= 0.6 is 23.2 Å². The van der Waals surface area contributed by atoms with E-state index in [9.17, 15) is 18.0 Å². The number of halogens is 2. The van der Waals surface area contributed by atoms with Crippen LogP contribution in [0.2, 0.25) is 10.0 Å². The fourth-order valence-electron chi connectivity index (χ4n) is 4.09. The number of nitrogens with zero attached hydrogens (tertiary/aromatic N) is 2. The maximum Gasteiger partial charge on any atom is 0.243 e. The zero-order valence-corrected chi connectivity index (χ0v) is 25.6. The van der Waals surface area contributed by atoms with Crippen LogP contribution in [0.25, 0.3) is 0 Å². The minimum Gasteiger partial charge on any atom is -0.350 e. The maximum absolute atomic E-state index is 13.6. The molecule has 0 aliphatic carbocycles. The van der Waals surface area contributed by atoms with Crippen molar-refractivity contribution in [3.8, 4) is 0 Å². The zero-order valence-electron chi connectivity index (χ0n) is 23.3. The van der Waals surface area contributed by atoms with E-state index >= 15 is 0 Å². The van der Waals surface area contributed by atoms with Gasteiger partial charge in [0, 0.05) is 25.0 Å². The van der Waals surface area contributed by atoms with Crippen molar-refractivity contribution in [1.29, 1.82) is 0 Å². The number of aryl methyl sites for hydroxylation is 2. The molecule has 0 aliphatic heterocycles. The summed E-state index contributed by atoms with van der Waals surface area (Å²) < 4.78 is 26.5. The third-order valence-electron chi connectivity index (χ3n) is 6.15. The summed E-state index contributed by atoms with van der Waals surface area (Å²) in [5.74, 6) is -0.498. The molecule has 210 valence electrons. The number of rotatable bonds is 11. The van der Waals surface area contributed by atoms with Crippen molar-refractivity contribution in [3.05, 3.63) is 63.1 Å². The lowest BCUT2D eigenvalue weighted by atomic mass is 10.0. The van der Waals surface area contributed by atoms with Crippen LogP contribution in [0, 0.1) is 13.8 Å². The van der Waals surface area contributed by atoms with E-state index < -0.39 is 21.6 Å². The molecule has 2 aromatic rings. The Morgan fingerprint density at radius 3 is 2.18 bits per heavy atom. The van der Waals surface area contributed by atoms with Crippen LogP contribution in [0.3, 0.4) is 0 Å². The molecule has 0 fully saturated rings. The first-order valence-corrected chi connectivity index (χ1v) is 15.2. The molecule has 2 amide bonds. The van der Waals surface area contributed by atoms with Gasteiger partial charge in [0.25, 0.3) is 0 Å². The van der Waals surface area contributed by atoms with Gasteiger partial charge in [-0.2, -0.15) is 0 Å². The number of amides is 2. The minimum atomic E-state index is -3.56. The molecule has 2 rings (SSSR count). The second kappa shape index (κ2) is 13.2. The van der Waals surface area contributed by atoms with E-state index in [0.29, 0.717) is 22.2 Å². The lowest BCUT2D eigenvalue weighted by Gasteiger charge is -2.33. The monoisotopic (exact) mass is 583 g/mol. The molecule has 0 heterocycles. The topological polar surface area (TPSA) is 86.8 Å². The van der Waals surface area contributed by atoms with Gasteiger partial charge >= 0.3 is 0 Å². The molecule has 0 spiro atoms. The maximum atomic E-state index is 13.6. The molecule has 38 heavy (non-hydrogen) atoms. The summed E-state index contributed by atoms with van der Waals surface area (Å²) in [5, 5.41) is 3.73. The number of hydrogen-bond acceptors (Lipinski definition) is 4. The van der Waals surface area contributed by atoms with Crippen LogP contribution in [-0.2, 0) is 26.2 Å². The number of sulfonamides is 1. The van der Waals surface area contributed by atoms with Crippen molar-refractivity contribution in [3.63, 3.8) is 0 Å². The summed E-state index contributed by atoms with van der Waals surface area (Å²) in [5.41, 5.74) is 2.88. The normalized spacial score (nSPS) is 12.7. The smallest absolute Gasteiger partial charge is 0.243 e. The van der Waals surface area contributed by atoms with Gasteiger partial charge in [-0.15, -0.1) is 0 Å². The van der Waals surface area contributed by atoms with E-state index in [1.165, 1.54) is 4.31 Å². The second-order valence-electron chi connectivity index (χ2n) is 10.6. The van der Waals surface area contributed by atoms with Crippen molar-refractivity contribution in [1.82, 2.24) is 10.2 Å². The average molecular weight is 585 g/mol. The Kier molecular flexibility index (Phi) is 11.1. The number of benzene rings is 2. The number of anilines is 1. The highest BCUT2D eigenvalue weighted by atomic mass is 35.5. The summed E-state index contributed by atoms with van der Waals surface area (Å²) in [4.78, 5) is 28.3. The highest BCUT2D eigenvalue weighted by molar-refractivity contribution is 7.92. The summed E-state index contributed by atoms with van der Waals surface area (Å²) >= 11 is 12.3. The third-order valence-corrected chi connectivity index (χ3v) is 8.08. The third kappa shape index (κ3) is 9.17. The molecular weight excluding hydrogens is 545 g/mol. The summed E-state index contributed by atoms with van der Waals surface area (Å²) in [6.45, 7) is 11.7. The Hall–Kier alpha value is -2.29. The van der Waals surface area contributed by atoms with E-state index in [0.717, 1.165) is 22.9 Å². The number of hydrogen-bond donors (Lipinski definition) is 1. The first-order chi connectivity index (χ1) is 17.5. The molecule has 1 unspecified atom stereocenters. The molecule has 2 aromatic carbocycles. The van der Waals surface area contributed by atoms with Crippen LogP contribution < -0.4 is 9.62 Å². The molecule has 1 atom stereocenters. The van der Waals surface area contributed by atoms with Crippen molar-refractivity contribution < 1.29 is 18.0 Å². The van der Waals surface area contributed by atoms with Crippen LogP contribution in [0.5, 0.6) is 0 Å². The number of nitrogens with one attached hydrogen (secondary N) is 1. The fraction of sp³-hybridized carbons (Fsp3) is 0.500. The van der Waals surface area contributed by atoms with Crippen molar-refractivity contribution in [2.24, 2.45) is 0 Å². The molecule has 0 aliphatic rings. The lowest BCUT2D eigenvalue weighted by Crippen LogP contribution is -2.53. The highest BCUT2D eigenvalue weighted by Crippen LogP contribution is 2.25. The van der Waals surface area contributed by atoms with E-state index in [1.54, 1.807) is 29.2 Å². The molecule has 7 nitrogen and oxygen atoms in total. The Morgan fingerprint density at radius 2 is 1.66 bits per heavy atom. The van der Waals surface area contributed by atoms with Gasteiger partial charge in [-0.25, -0.2) is 8.42 Å². The largest absolute Gasteiger partial charge is 0.350 e. The molecule has 0 saturated carbocycles. The highest BCUT2D eigenvalue weighted by Gasteiger charge is 2.31. The van der Waals surface area contributed by atoms with Crippen LogP contribution in [0.15, 0.2) is 36.4 Å². The summed E-state index contributed by atoms with van der Waals surface area (Å²) in [6.07, 6.45) is 1.92. The van der Waals surface area contributed by atoms with E-state index in [2.05, 4.69) is 5.32 Å². The van der Waals surface area contributed by atoms with Gasteiger partial charge in [-0.1, -0.05) is 42.3 Å². The average Bonchev–Trinajstić information content (AvgIpc) is 2.78. The predicted molar refractivity (Wildman–Crippen MR) is 156 cm³/mol. The molecule has 0 saturated heterocycles.